The molecule has 0 heterocycles. The third kappa shape index (κ3) is 2.17. The number of anilines is 1. The van der Waals surface area contributed by atoms with Crippen LogP contribution >= 0.6 is 0 Å². The molecule has 2 aromatic carbocycles. The molecule has 0 saturated carbocycles. The highest BCUT2D eigenvalue weighted by molar-refractivity contribution is 5.69. The Kier molecular flexibility index (Phi) is 2.82. The molecule has 0 aliphatic rings. The van der Waals surface area contributed by atoms with Crippen LogP contribution in [0.2, 0.25) is 0 Å². The van der Waals surface area contributed by atoms with Gasteiger partial charge in [-0.1, -0.05) is 24.3 Å². The number of aromatic hydroxyl groups is 1. The van der Waals surface area contributed by atoms with Gasteiger partial charge in [-0.25, -0.2) is 0 Å². The molecule has 0 amide bonds. The molecule has 80 valence electrons. The van der Waals surface area contributed by atoms with Crippen LogP contribution in [0.4, 0.5) is 17.1 Å². The Hall–Kier alpha value is -2.36. The number of nitrogens with zero attached hydrogens (tertiary/aromatic N) is 2. The predicted molar refractivity (Wildman–Crippen MR) is 63.1 cm³/mol. The molecule has 3 N–H and O–H groups in total. The van der Waals surface area contributed by atoms with Crippen molar-refractivity contribution in [1.29, 1.82) is 0 Å². The number of nitrogen functional groups attached to an aromatic ring is 1. The number of azo groups is 1. The lowest BCUT2D eigenvalue weighted by Crippen LogP contribution is -1.85. The lowest BCUT2D eigenvalue weighted by Gasteiger charge is -2.00. The molecule has 0 radical (unpaired) electrons. The topological polar surface area (TPSA) is 71.0 Å². The van der Waals surface area contributed by atoms with Crippen LogP contribution in [0.25, 0.3) is 0 Å². The van der Waals surface area contributed by atoms with Crippen molar-refractivity contribution in [3.8, 4) is 5.75 Å². The third-order valence-corrected chi connectivity index (χ3v) is 2.09. The maximum Gasteiger partial charge on any atom is 0.140 e. The van der Waals surface area contributed by atoms with E-state index in [0.29, 0.717) is 5.69 Å². The van der Waals surface area contributed by atoms with E-state index >= 15 is 0 Å². The average molecular weight is 213 g/mol. The number of phenols is 1. The van der Waals surface area contributed by atoms with Gasteiger partial charge in [0, 0.05) is 0 Å². The highest BCUT2D eigenvalue weighted by Crippen LogP contribution is 2.31. The second-order valence-corrected chi connectivity index (χ2v) is 3.25. The quantitative estimate of drug-likeness (QED) is 0.456. The van der Waals surface area contributed by atoms with Crippen molar-refractivity contribution in [3.63, 3.8) is 0 Å². The molecule has 2 rings (SSSR count). The molecule has 0 spiro atoms. The van der Waals surface area contributed by atoms with Gasteiger partial charge in [-0.15, -0.1) is 5.11 Å². The molecule has 0 saturated heterocycles. The number of hydrogen-bond acceptors (Lipinski definition) is 4. The summed E-state index contributed by atoms with van der Waals surface area (Å²) >= 11 is 0. The maximum absolute atomic E-state index is 9.37. The monoisotopic (exact) mass is 213 g/mol. The zero-order valence-corrected chi connectivity index (χ0v) is 8.54. The van der Waals surface area contributed by atoms with Gasteiger partial charge in [0.1, 0.15) is 17.1 Å². The largest absolute Gasteiger partial charge is 0.506 e. The summed E-state index contributed by atoms with van der Waals surface area (Å²) in [5.41, 5.74) is 7.08. The number of hydrogen-bond donors (Lipinski definition) is 2. The fraction of sp³-hybridized carbons (Fsp3) is 0. The summed E-state index contributed by atoms with van der Waals surface area (Å²) in [6, 6.07) is 14.2. The normalized spacial score (nSPS) is 10.8. The molecule has 4 nitrogen and oxygen atoms in total. The minimum Gasteiger partial charge on any atom is -0.506 e. The number of benzene rings is 2. The average Bonchev–Trinajstić information content (AvgIpc) is 2.32. The minimum atomic E-state index is 0.0181. The van der Waals surface area contributed by atoms with Crippen LogP contribution in [0.5, 0.6) is 5.75 Å². The molecule has 0 aliphatic carbocycles. The predicted octanol–water partition coefficient (Wildman–Crippen LogP) is 3.39. The van der Waals surface area contributed by atoms with E-state index in [0.717, 1.165) is 5.69 Å². The Bertz CT molecular complexity index is 509. The highest BCUT2D eigenvalue weighted by atomic mass is 16.3. The molecular weight excluding hydrogens is 202 g/mol. The Morgan fingerprint density at radius 2 is 1.62 bits per heavy atom. The molecule has 2 aromatic rings. The molecule has 4 heteroatoms. The van der Waals surface area contributed by atoms with Crippen molar-refractivity contribution in [2.75, 3.05) is 5.73 Å². The van der Waals surface area contributed by atoms with Gasteiger partial charge in [0.25, 0.3) is 0 Å². The minimum absolute atomic E-state index is 0.0181. The zero-order chi connectivity index (χ0) is 11.4. The Morgan fingerprint density at radius 3 is 2.38 bits per heavy atom. The van der Waals surface area contributed by atoms with Gasteiger partial charge in [0.15, 0.2) is 0 Å². The molecule has 0 aliphatic heterocycles. The summed E-state index contributed by atoms with van der Waals surface area (Å²) in [6.07, 6.45) is 0. The smallest absolute Gasteiger partial charge is 0.140 e. The van der Waals surface area contributed by atoms with Gasteiger partial charge in [-0.2, -0.15) is 5.11 Å². The summed E-state index contributed by atoms with van der Waals surface area (Å²) in [4.78, 5) is 0. The van der Waals surface area contributed by atoms with Crippen LogP contribution in [0.15, 0.2) is 58.8 Å². The number of phenolic OH excluding ortho intramolecular Hbond substituents is 1. The Morgan fingerprint density at radius 1 is 0.875 bits per heavy atom. The van der Waals surface area contributed by atoms with Crippen molar-refractivity contribution < 1.29 is 5.11 Å². The first kappa shape index (κ1) is 10.2. The van der Waals surface area contributed by atoms with Gasteiger partial charge in [0.05, 0.1) is 5.69 Å². The van der Waals surface area contributed by atoms with Crippen molar-refractivity contribution >= 4 is 17.1 Å². The summed E-state index contributed by atoms with van der Waals surface area (Å²) in [7, 11) is 0. The summed E-state index contributed by atoms with van der Waals surface area (Å²) in [5, 5.41) is 17.4. The van der Waals surface area contributed by atoms with Gasteiger partial charge in [-0.05, 0) is 24.3 Å². The first-order valence-electron chi connectivity index (χ1n) is 4.81. The van der Waals surface area contributed by atoms with E-state index in [2.05, 4.69) is 10.2 Å². The number of para-hydroxylation sites is 1. The van der Waals surface area contributed by atoms with E-state index in [1.807, 2.05) is 30.3 Å². The lowest BCUT2D eigenvalue weighted by molar-refractivity contribution is 0.478. The van der Waals surface area contributed by atoms with Crippen molar-refractivity contribution in [1.82, 2.24) is 0 Å². The molecule has 0 atom stereocenters. The van der Waals surface area contributed by atoms with E-state index in [-0.39, 0.29) is 11.4 Å². The van der Waals surface area contributed by atoms with Gasteiger partial charge in [0.2, 0.25) is 0 Å². The first-order chi connectivity index (χ1) is 7.77. The molecular formula is C12H11N3O. The highest BCUT2D eigenvalue weighted by Gasteiger charge is 2.01. The fourth-order valence-electron chi connectivity index (χ4n) is 1.23. The van der Waals surface area contributed by atoms with Crippen LogP contribution < -0.4 is 5.73 Å². The van der Waals surface area contributed by atoms with E-state index in [1.54, 1.807) is 12.1 Å². The molecule has 0 fully saturated rings. The Balaban J connectivity index is 2.28. The van der Waals surface area contributed by atoms with Crippen LogP contribution in [-0.4, -0.2) is 5.11 Å². The second kappa shape index (κ2) is 4.44. The van der Waals surface area contributed by atoms with Gasteiger partial charge in [-0.3, -0.25) is 0 Å². The summed E-state index contributed by atoms with van der Waals surface area (Å²) in [5.74, 6) is 0.0181. The maximum atomic E-state index is 9.37. The first-order valence-corrected chi connectivity index (χ1v) is 4.81. The van der Waals surface area contributed by atoms with E-state index in [9.17, 15) is 5.11 Å². The number of rotatable bonds is 2. The molecule has 0 unspecified atom stereocenters. The van der Waals surface area contributed by atoms with E-state index in [4.69, 9.17) is 5.73 Å². The van der Waals surface area contributed by atoms with E-state index < -0.39 is 0 Å². The standard InChI is InChI=1S/C12H11N3O/c13-12-10(7-4-8-11(12)16)15-14-9-5-2-1-3-6-9/h1-8,16H,13H2. The van der Waals surface area contributed by atoms with Crippen LogP contribution in [-0.2, 0) is 0 Å². The number of nitrogens with two attached hydrogens (primary N) is 1. The van der Waals surface area contributed by atoms with Gasteiger partial charge >= 0.3 is 0 Å². The third-order valence-electron chi connectivity index (χ3n) is 2.09. The van der Waals surface area contributed by atoms with Crippen molar-refractivity contribution in [3.05, 3.63) is 48.5 Å². The summed E-state index contributed by atoms with van der Waals surface area (Å²) < 4.78 is 0. The zero-order valence-electron chi connectivity index (χ0n) is 8.54. The summed E-state index contributed by atoms with van der Waals surface area (Å²) in [6.45, 7) is 0. The van der Waals surface area contributed by atoms with Crippen molar-refractivity contribution in [2.45, 2.75) is 0 Å². The van der Waals surface area contributed by atoms with E-state index in [1.165, 1.54) is 6.07 Å². The van der Waals surface area contributed by atoms with Gasteiger partial charge < -0.3 is 10.8 Å². The van der Waals surface area contributed by atoms with Crippen LogP contribution in [0, 0.1) is 0 Å². The molecule has 0 bridgehead atoms. The Labute approximate surface area is 93.1 Å². The van der Waals surface area contributed by atoms with Crippen molar-refractivity contribution in [2.24, 2.45) is 10.2 Å². The van der Waals surface area contributed by atoms with Crippen LogP contribution in [0.1, 0.15) is 0 Å². The second-order valence-electron chi connectivity index (χ2n) is 3.25. The molecule has 0 aromatic heterocycles. The fourth-order valence-corrected chi connectivity index (χ4v) is 1.23. The van der Waals surface area contributed by atoms with Crippen LogP contribution in [0.3, 0.4) is 0 Å². The molecule has 16 heavy (non-hydrogen) atoms. The SMILES string of the molecule is Nc1c(O)cccc1N=Nc1ccccc1. The lowest BCUT2D eigenvalue weighted by atomic mass is 10.2.